The van der Waals surface area contributed by atoms with Gasteiger partial charge in [0.2, 0.25) is 5.91 Å². The molecule has 116 valence electrons. The van der Waals surface area contributed by atoms with Crippen molar-refractivity contribution in [2.75, 3.05) is 6.54 Å². The van der Waals surface area contributed by atoms with Crippen LogP contribution in [0.5, 0.6) is 0 Å². The molecule has 5 heteroatoms. The SMILES string of the molecule is Cn1cc(C(N)C(=O)N2CCCC2C2CCCCC2)cn1. The van der Waals surface area contributed by atoms with Crippen molar-refractivity contribution >= 4 is 5.91 Å². The molecule has 0 bridgehead atoms. The largest absolute Gasteiger partial charge is 0.338 e. The van der Waals surface area contributed by atoms with Crippen LogP contribution in [0.4, 0.5) is 0 Å². The number of amides is 1. The Kier molecular flexibility index (Phi) is 4.29. The first kappa shape index (κ1) is 14.6. The van der Waals surface area contributed by atoms with Crippen LogP contribution in [0.2, 0.25) is 0 Å². The van der Waals surface area contributed by atoms with E-state index in [-0.39, 0.29) is 5.91 Å². The van der Waals surface area contributed by atoms with Crippen LogP contribution in [0.1, 0.15) is 56.6 Å². The van der Waals surface area contributed by atoms with Gasteiger partial charge in [0.05, 0.1) is 6.20 Å². The molecule has 2 atom stereocenters. The first-order chi connectivity index (χ1) is 10.2. The van der Waals surface area contributed by atoms with Crippen molar-refractivity contribution in [2.45, 2.75) is 57.0 Å². The molecule has 1 aromatic rings. The second-order valence-electron chi connectivity index (χ2n) is 6.56. The third kappa shape index (κ3) is 2.98. The zero-order valence-electron chi connectivity index (χ0n) is 12.9. The maximum absolute atomic E-state index is 12.8. The molecule has 5 nitrogen and oxygen atoms in total. The van der Waals surface area contributed by atoms with Crippen LogP contribution >= 0.6 is 0 Å². The van der Waals surface area contributed by atoms with E-state index in [0.717, 1.165) is 24.9 Å². The molecule has 3 rings (SSSR count). The van der Waals surface area contributed by atoms with Gasteiger partial charge in [-0.1, -0.05) is 19.3 Å². The Balaban J connectivity index is 1.70. The predicted molar refractivity (Wildman–Crippen MR) is 81.4 cm³/mol. The highest BCUT2D eigenvalue weighted by Gasteiger charge is 2.37. The van der Waals surface area contributed by atoms with E-state index in [1.54, 1.807) is 10.9 Å². The Bertz CT molecular complexity index is 492. The molecule has 2 unspecified atom stereocenters. The molecule has 2 fully saturated rings. The summed E-state index contributed by atoms with van der Waals surface area (Å²) in [5.74, 6) is 0.766. The highest BCUT2D eigenvalue weighted by Crippen LogP contribution is 2.35. The number of rotatable bonds is 3. The first-order valence-electron chi connectivity index (χ1n) is 8.21. The van der Waals surface area contributed by atoms with Gasteiger partial charge < -0.3 is 10.6 Å². The fourth-order valence-corrected chi connectivity index (χ4v) is 4.00. The van der Waals surface area contributed by atoms with Crippen LogP contribution in [-0.2, 0) is 11.8 Å². The molecular formula is C16H26N4O. The summed E-state index contributed by atoms with van der Waals surface area (Å²) in [5.41, 5.74) is 7.00. The Hall–Kier alpha value is -1.36. The van der Waals surface area contributed by atoms with Crippen molar-refractivity contribution in [1.82, 2.24) is 14.7 Å². The molecule has 21 heavy (non-hydrogen) atoms. The molecule has 2 aliphatic rings. The van der Waals surface area contributed by atoms with Crippen molar-refractivity contribution in [3.05, 3.63) is 18.0 Å². The van der Waals surface area contributed by atoms with Gasteiger partial charge in [-0.15, -0.1) is 0 Å². The fourth-order valence-electron chi connectivity index (χ4n) is 4.00. The van der Waals surface area contributed by atoms with Crippen LogP contribution in [0, 0.1) is 5.92 Å². The van der Waals surface area contributed by atoms with Gasteiger partial charge in [-0.05, 0) is 31.6 Å². The van der Waals surface area contributed by atoms with E-state index in [1.165, 1.54) is 32.1 Å². The van der Waals surface area contributed by atoms with Crippen molar-refractivity contribution in [2.24, 2.45) is 18.7 Å². The van der Waals surface area contributed by atoms with Gasteiger partial charge in [0.1, 0.15) is 6.04 Å². The van der Waals surface area contributed by atoms with E-state index in [9.17, 15) is 4.79 Å². The highest BCUT2D eigenvalue weighted by molar-refractivity contribution is 5.83. The van der Waals surface area contributed by atoms with E-state index < -0.39 is 6.04 Å². The molecule has 2 heterocycles. The molecule has 0 spiro atoms. The van der Waals surface area contributed by atoms with Crippen LogP contribution in [0.15, 0.2) is 12.4 Å². The van der Waals surface area contributed by atoms with Crippen molar-refractivity contribution in [3.63, 3.8) is 0 Å². The number of carbonyl (C=O) groups excluding carboxylic acids is 1. The van der Waals surface area contributed by atoms with Crippen molar-refractivity contribution < 1.29 is 4.79 Å². The normalized spacial score (nSPS) is 25.2. The van der Waals surface area contributed by atoms with E-state index in [4.69, 9.17) is 5.73 Å². The molecule has 2 N–H and O–H groups in total. The lowest BCUT2D eigenvalue weighted by Crippen LogP contribution is -2.44. The number of hydrogen-bond acceptors (Lipinski definition) is 3. The molecule has 1 amide bonds. The zero-order valence-corrected chi connectivity index (χ0v) is 12.9. The second-order valence-corrected chi connectivity index (χ2v) is 6.56. The number of aromatic nitrogens is 2. The average molecular weight is 290 g/mol. The molecule has 0 aromatic carbocycles. The Morgan fingerprint density at radius 1 is 1.29 bits per heavy atom. The van der Waals surface area contributed by atoms with Gasteiger partial charge >= 0.3 is 0 Å². The molecule has 1 aliphatic carbocycles. The molecule has 1 saturated carbocycles. The summed E-state index contributed by atoms with van der Waals surface area (Å²) in [4.78, 5) is 14.8. The van der Waals surface area contributed by atoms with Crippen molar-refractivity contribution in [1.29, 1.82) is 0 Å². The lowest BCUT2D eigenvalue weighted by molar-refractivity contribution is -0.134. The lowest BCUT2D eigenvalue weighted by atomic mass is 9.83. The maximum Gasteiger partial charge on any atom is 0.244 e. The smallest absolute Gasteiger partial charge is 0.244 e. The molecular weight excluding hydrogens is 264 g/mol. The molecule has 1 aliphatic heterocycles. The van der Waals surface area contributed by atoms with Gasteiger partial charge in [0.15, 0.2) is 0 Å². The zero-order chi connectivity index (χ0) is 14.8. The van der Waals surface area contributed by atoms with Crippen LogP contribution in [0.3, 0.4) is 0 Å². The van der Waals surface area contributed by atoms with E-state index in [0.29, 0.717) is 12.0 Å². The van der Waals surface area contributed by atoms with Gasteiger partial charge in [0.25, 0.3) is 0 Å². The predicted octanol–water partition coefficient (Wildman–Crippen LogP) is 1.99. The Morgan fingerprint density at radius 3 is 2.71 bits per heavy atom. The average Bonchev–Trinajstić information content (AvgIpc) is 3.15. The minimum Gasteiger partial charge on any atom is -0.338 e. The topological polar surface area (TPSA) is 64.2 Å². The number of carbonyl (C=O) groups is 1. The van der Waals surface area contributed by atoms with Gasteiger partial charge in [0, 0.05) is 31.4 Å². The maximum atomic E-state index is 12.8. The summed E-state index contributed by atoms with van der Waals surface area (Å²) in [7, 11) is 1.85. The summed E-state index contributed by atoms with van der Waals surface area (Å²) in [6.45, 7) is 0.869. The number of hydrogen-bond donors (Lipinski definition) is 1. The third-order valence-electron chi connectivity index (χ3n) is 5.13. The monoisotopic (exact) mass is 290 g/mol. The minimum absolute atomic E-state index is 0.0797. The number of nitrogens with two attached hydrogens (primary N) is 1. The van der Waals surface area contributed by atoms with Crippen LogP contribution < -0.4 is 5.73 Å². The molecule has 1 aromatic heterocycles. The second kappa shape index (κ2) is 6.18. The standard InChI is InChI=1S/C16H26N4O/c1-19-11-13(10-18-19)15(17)16(21)20-9-5-8-14(20)12-6-3-2-4-7-12/h10-12,14-15H,2-9,17H2,1H3. The van der Waals surface area contributed by atoms with Crippen LogP contribution in [-0.4, -0.2) is 33.2 Å². The van der Waals surface area contributed by atoms with Gasteiger partial charge in [-0.25, -0.2) is 0 Å². The van der Waals surface area contributed by atoms with Crippen molar-refractivity contribution in [3.8, 4) is 0 Å². The highest BCUT2D eigenvalue weighted by atomic mass is 16.2. The first-order valence-corrected chi connectivity index (χ1v) is 8.21. The number of nitrogens with zero attached hydrogens (tertiary/aromatic N) is 3. The summed E-state index contributed by atoms with van der Waals surface area (Å²) < 4.78 is 1.70. The summed E-state index contributed by atoms with van der Waals surface area (Å²) >= 11 is 0. The van der Waals surface area contributed by atoms with E-state index >= 15 is 0 Å². The van der Waals surface area contributed by atoms with E-state index in [1.807, 2.05) is 13.2 Å². The third-order valence-corrected chi connectivity index (χ3v) is 5.13. The minimum atomic E-state index is -0.567. The Labute approximate surface area is 126 Å². The molecule has 0 radical (unpaired) electrons. The van der Waals surface area contributed by atoms with E-state index in [2.05, 4.69) is 10.00 Å². The quantitative estimate of drug-likeness (QED) is 0.926. The number of likely N-dealkylation sites (tertiary alicyclic amines) is 1. The van der Waals surface area contributed by atoms with Crippen LogP contribution in [0.25, 0.3) is 0 Å². The fraction of sp³-hybridized carbons (Fsp3) is 0.750. The van der Waals surface area contributed by atoms with Gasteiger partial charge in [-0.3, -0.25) is 9.48 Å². The van der Waals surface area contributed by atoms with Gasteiger partial charge in [-0.2, -0.15) is 5.10 Å². The summed E-state index contributed by atoms with van der Waals surface area (Å²) in [6, 6.07) is -0.150. The molecule has 1 saturated heterocycles. The summed E-state index contributed by atoms with van der Waals surface area (Å²) in [5, 5.41) is 4.12. The summed E-state index contributed by atoms with van der Waals surface area (Å²) in [6.07, 6.45) is 12.3. The number of aryl methyl sites for hydroxylation is 1. The lowest BCUT2D eigenvalue weighted by Gasteiger charge is -2.35. The Morgan fingerprint density at radius 2 is 2.05 bits per heavy atom.